The Hall–Kier alpha value is -2.12. The van der Waals surface area contributed by atoms with Crippen LogP contribution in [0.1, 0.15) is 28.0 Å². The number of nitrogens with one attached hydrogen (secondary N) is 1. The Bertz CT molecular complexity index is 797. The molecule has 0 aliphatic rings. The molecule has 1 aromatic carbocycles. The Morgan fingerprint density at radius 1 is 1.32 bits per heavy atom. The van der Waals surface area contributed by atoms with E-state index in [1.807, 2.05) is 42.0 Å². The second-order valence-electron chi connectivity index (χ2n) is 5.65. The normalized spacial score (nSPS) is 10.8. The van der Waals surface area contributed by atoms with Crippen LogP contribution in [0.2, 0.25) is 0 Å². The zero-order chi connectivity index (χ0) is 17.5. The molecule has 0 radical (unpaired) electrons. The average Bonchev–Trinajstić information content (AvgIpc) is 3.29. The fraction of sp³-hybridized carbons (Fsp3) is 0.278. The van der Waals surface area contributed by atoms with Gasteiger partial charge in [-0.25, -0.2) is 9.97 Å². The largest absolute Gasteiger partial charge is 0.352 e. The number of thiazole rings is 1. The molecule has 7 heteroatoms. The van der Waals surface area contributed by atoms with Gasteiger partial charge in [0.15, 0.2) is 0 Å². The molecule has 0 atom stereocenters. The lowest BCUT2D eigenvalue weighted by Gasteiger charge is -2.06. The zero-order valence-electron chi connectivity index (χ0n) is 14.0. The zero-order valence-corrected chi connectivity index (χ0v) is 15.6. The van der Waals surface area contributed by atoms with Gasteiger partial charge in [0, 0.05) is 47.9 Å². The predicted octanol–water partition coefficient (Wildman–Crippen LogP) is 3.76. The van der Waals surface area contributed by atoms with Crippen LogP contribution in [0, 0.1) is 6.92 Å². The van der Waals surface area contributed by atoms with E-state index in [0.717, 1.165) is 28.8 Å². The van der Waals surface area contributed by atoms with Gasteiger partial charge in [0.2, 0.25) is 0 Å². The van der Waals surface area contributed by atoms with Crippen molar-refractivity contribution in [2.75, 3.05) is 6.54 Å². The molecule has 130 valence electrons. The van der Waals surface area contributed by atoms with Gasteiger partial charge in [0.25, 0.3) is 5.91 Å². The monoisotopic (exact) mass is 372 g/mol. The third-order valence-corrected chi connectivity index (χ3v) is 5.82. The van der Waals surface area contributed by atoms with Crippen LogP contribution < -0.4 is 5.32 Å². The van der Waals surface area contributed by atoms with E-state index in [1.165, 1.54) is 5.56 Å². The van der Waals surface area contributed by atoms with Gasteiger partial charge in [-0.1, -0.05) is 23.9 Å². The van der Waals surface area contributed by atoms with Crippen molar-refractivity contribution in [1.29, 1.82) is 0 Å². The molecular formula is C18H20N4OS2. The number of thioether (sulfide) groups is 1. The smallest absolute Gasteiger partial charge is 0.251 e. The lowest BCUT2D eigenvalue weighted by molar-refractivity contribution is 0.0952. The predicted molar refractivity (Wildman–Crippen MR) is 102 cm³/mol. The van der Waals surface area contributed by atoms with E-state index in [9.17, 15) is 4.79 Å². The third kappa shape index (κ3) is 5.44. The topological polar surface area (TPSA) is 59.8 Å². The van der Waals surface area contributed by atoms with Gasteiger partial charge in [0.1, 0.15) is 4.34 Å². The SMILES string of the molecule is Cc1csc(SCc2ccc(C(=O)NCCCn3ccnc3)cc2)n1. The quantitative estimate of drug-likeness (QED) is 0.483. The number of imidazole rings is 1. The van der Waals surface area contributed by atoms with Crippen molar-refractivity contribution in [1.82, 2.24) is 19.9 Å². The number of rotatable bonds is 8. The molecule has 1 amide bonds. The molecule has 0 saturated heterocycles. The molecule has 0 saturated carbocycles. The Labute approximate surface area is 155 Å². The van der Waals surface area contributed by atoms with Gasteiger partial charge in [0.05, 0.1) is 6.33 Å². The van der Waals surface area contributed by atoms with E-state index >= 15 is 0 Å². The Morgan fingerprint density at radius 3 is 2.84 bits per heavy atom. The molecule has 2 heterocycles. The molecule has 3 rings (SSSR count). The van der Waals surface area contributed by atoms with Crippen molar-refractivity contribution < 1.29 is 4.79 Å². The van der Waals surface area contributed by atoms with Gasteiger partial charge in [-0.15, -0.1) is 11.3 Å². The first-order valence-corrected chi connectivity index (χ1v) is 9.95. The fourth-order valence-corrected chi connectivity index (χ4v) is 4.09. The summed E-state index contributed by atoms with van der Waals surface area (Å²) in [5, 5.41) is 5.01. The first-order chi connectivity index (χ1) is 12.2. The summed E-state index contributed by atoms with van der Waals surface area (Å²) in [6, 6.07) is 7.78. The van der Waals surface area contributed by atoms with E-state index in [2.05, 4.69) is 20.7 Å². The second kappa shape index (κ2) is 8.82. The Balaban J connectivity index is 1.42. The van der Waals surface area contributed by atoms with Crippen molar-refractivity contribution in [2.24, 2.45) is 0 Å². The van der Waals surface area contributed by atoms with E-state index in [0.29, 0.717) is 12.1 Å². The maximum absolute atomic E-state index is 12.2. The minimum absolute atomic E-state index is 0.0274. The number of carbonyl (C=O) groups excluding carboxylic acids is 1. The van der Waals surface area contributed by atoms with Gasteiger partial charge in [-0.2, -0.15) is 0 Å². The fourth-order valence-electron chi connectivity index (χ4n) is 2.28. The van der Waals surface area contributed by atoms with Gasteiger partial charge in [-0.05, 0) is 31.0 Å². The molecule has 3 aromatic rings. The van der Waals surface area contributed by atoms with Crippen molar-refractivity contribution in [3.63, 3.8) is 0 Å². The lowest BCUT2D eigenvalue weighted by atomic mass is 10.1. The molecule has 0 aliphatic heterocycles. The Kier molecular flexibility index (Phi) is 6.25. The van der Waals surface area contributed by atoms with E-state index in [4.69, 9.17) is 0 Å². The number of aryl methyl sites for hydroxylation is 2. The van der Waals surface area contributed by atoms with Crippen molar-refractivity contribution in [3.05, 3.63) is 65.2 Å². The summed E-state index contributed by atoms with van der Waals surface area (Å²) >= 11 is 3.39. The number of hydrogen-bond donors (Lipinski definition) is 1. The number of nitrogens with zero attached hydrogens (tertiary/aromatic N) is 3. The van der Waals surface area contributed by atoms with Crippen LogP contribution in [0.5, 0.6) is 0 Å². The van der Waals surface area contributed by atoms with Crippen LogP contribution in [0.4, 0.5) is 0 Å². The highest BCUT2D eigenvalue weighted by molar-refractivity contribution is 8.00. The summed E-state index contributed by atoms with van der Waals surface area (Å²) in [5.41, 5.74) is 2.95. The highest BCUT2D eigenvalue weighted by Crippen LogP contribution is 2.26. The van der Waals surface area contributed by atoms with Crippen LogP contribution in [-0.2, 0) is 12.3 Å². The number of carbonyl (C=O) groups is 1. The first-order valence-electron chi connectivity index (χ1n) is 8.08. The minimum atomic E-state index is -0.0274. The molecule has 0 spiro atoms. The molecule has 0 bridgehead atoms. The number of aromatic nitrogens is 3. The molecule has 25 heavy (non-hydrogen) atoms. The van der Waals surface area contributed by atoms with Gasteiger partial charge >= 0.3 is 0 Å². The molecule has 0 unspecified atom stereocenters. The van der Waals surface area contributed by atoms with Crippen LogP contribution in [-0.4, -0.2) is 27.0 Å². The number of amides is 1. The second-order valence-corrected chi connectivity index (χ2v) is 7.73. The maximum Gasteiger partial charge on any atom is 0.251 e. The summed E-state index contributed by atoms with van der Waals surface area (Å²) in [5.74, 6) is 0.833. The van der Waals surface area contributed by atoms with E-state index < -0.39 is 0 Å². The highest BCUT2D eigenvalue weighted by atomic mass is 32.2. The third-order valence-electron chi connectivity index (χ3n) is 3.61. The van der Waals surface area contributed by atoms with Crippen LogP contribution >= 0.6 is 23.1 Å². The highest BCUT2D eigenvalue weighted by Gasteiger charge is 2.06. The molecule has 0 fully saturated rings. The number of benzene rings is 1. The van der Waals surface area contributed by atoms with Crippen molar-refractivity contribution in [3.8, 4) is 0 Å². The van der Waals surface area contributed by atoms with E-state index in [1.54, 1.807) is 35.6 Å². The first kappa shape index (κ1) is 17.7. The maximum atomic E-state index is 12.2. The molecule has 2 aromatic heterocycles. The standard InChI is InChI=1S/C18H20N4OS2/c1-14-11-24-18(21-14)25-12-15-3-5-16(6-4-15)17(23)20-7-2-9-22-10-8-19-13-22/h3-6,8,10-11,13H,2,7,9,12H2,1H3,(H,20,23). The average molecular weight is 373 g/mol. The minimum Gasteiger partial charge on any atom is -0.352 e. The molecular weight excluding hydrogens is 352 g/mol. The summed E-state index contributed by atoms with van der Waals surface area (Å²) < 4.78 is 3.08. The lowest BCUT2D eigenvalue weighted by Crippen LogP contribution is -2.25. The molecule has 5 nitrogen and oxygen atoms in total. The van der Waals surface area contributed by atoms with E-state index in [-0.39, 0.29) is 5.91 Å². The molecule has 1 N–H and O–H groups in total. The summed E-state index contributed by atoms with van der Waals surface area (Å²) in [6.07, 6.45) is 6.34. The summed E-state index contributed by atoms with van der Waals surface area (Å²) in [7, 11) is 0. The van der Waals surface area contributed by atoms with Crippen LogP contribution in [0.15, 0.2) is 52.7 Å². The molecule has 0 aliphatic carbocycles. The number of hydrogen-bond acceptors (Lipinski definition) is 5. The van der Waals surface area contributed by atoms with Gasteiger partial charge in [-0.3, -0.25) is 4.79 Å². The van der Waals surface area contributed by atoms with Gasteiger partial charge < -0.3 is 9.88 Å². The summed E-state index contributed by atoms with van der Waals surface area (Å²) in [6.45, 7) is 3.51. The van der Waals surface area contributed by atoms with Crippen molar-refractivity contribution >= 4 is 29.0 Å². The Morgan fingerprint density at radius 2 is 2.16 bits per heavy atom. The van der Waals surface area contributed by atoms with Crippen molar-refractivity contribution in [2.45, 2.75) is 30.0 Å². The van der Waals surface area contributed by atoms with Crippen LogP contribution in [0.3, 0.4) is 0 Å². The summed E-state index contributed by atoms with van der Waals surface area (Å²) in [4.78, 5) is 20.6. The van der Waals surface area contributed by atoms with Crippen LogP contribution in [0.25, 0.3) is 0 Å².